The lowest BCUT2D eigenvalue weighted by Gasteiger charge is -2.18. The zero-order valence-electron chi connectivity index (χ0n) is 41.8. The molecule has 0 aliphatic rings. The fraction of sp³-hybridized carbons (Fsp3) is 0.707. The largest absolute Gasteiger partial charge is 0.462 e. The summed E-state index contributed by atoms with van der Waals surface area (Å²) < 4.78 is 16.8. The minimum absolute atomic E-state index is 0.0914. The van der Waals surface area contributed by atoms with Gasteiger partial charge in [0.1, 0.15) is 13.2 Å². The Labute approximate surface area is 395 Å². The molecule has 1 unspecified atom stereocenters. The van der Waals surface area contributed by atoms with Gasteiger partial charge in [-0.2, -0.15) is 0 Å². The molecule has 0 spiro atoms. The second kappa shape index (κ2) is 52.2. The molecule has 6 heteroatoms. The maximum Gasteiger partial charge on any atom is 0.306 e. The van der Waals surface area contributed by atoms with Gasteiger partial charge in [-0.25, -0.2) is 0 Å². The maximum absolute atomic E-state index is 12.8. The number of hydrogen-bond acceptors (Lipinski definition) is 6. The van der Waals surface area contributed by atoms with Crippen molar-refractivity contribution in [3.63, 3.8) is 0 Å². The standard InChI is InChI=1S/C58H98O6/c1-4-7-10-13-16-19-22-25-27-29-31-33-36-39-42-45-48-51-57(60)63-54-55(53-62-56(59)50-47-44-41-38-35-24-21-18-15-12-9-6-3)64-58(61)52-49-46-43-40-37-34-32-30-28-26-23-20-17-14-11-8-5-2/h7,10,13,16,19,22,25-29,31,33,36,55H,4-6,8-9,11-12,14-15,17-18,20-21,23-24,30,32,34-35,37-54H2,1-3H3/b10-7-,16-13-,22-19-,27-25-,28-26-,31-29+,36-33-. The highest BCUT2D eigenvalue weighted by Gasteiger charge is 2.19. The van der Waals surface area contributed by atoms with Crippen LogP contribution in [-0.4, -0.2) is 37.2 Å². The fourth-order valence-corrected chi connectivity index (χ4v) is 7.29. The van der Waals surface area contributed by atoms with E-state index in [-0.39, 0.29) is 31.1 Å². The molecule has 0 saturated carbocycles. The molecule has 0 fully saturated rings. The Bertz CT molecular complexity index is 1250. The van der Waals surface area contributed by atoms with Crippen LogP contribution in [-0.2, 0) is 28.6 Å². The zero-order valence-corrected chi connectivity index (χ0v) is 41.8. The lowest BCUT2D eigenvalue weighted by atomic mass is 10.0. The molecule has 0 aromatic heterocycles. The normalized spacial score (nSPS) is 12.7. The van der Waals surface area contributed by atoms with Crippen LogP contribution in [0.5, 0.6) is 0 Å². The molecule has 0 radical (unpaired) electrons. The van der Waals surface area contributed by atoms with Gasteiger partial charge in [0.25, 0.3) is 0 Å². The van der Waals surface area contributed by atoms with Crippen molar-refractivity contribution in [2.24, 2.45) is 0 Å². The highest BCUT2D eigenvalue weighted by Crippen LogP contribution is 2.15. The lowest BCUT2D eigenvalue weighted by Crippen LogP contribution is -2.30. The van der Waals surface area contributed by atoms with Gasteiger partial charge in [-0.15, -0.1) is 0 Å². The van der Waals surface area contributed by atoms with Crippen LogP contribution in [0.25, 0.3) is 0 Å². The van der Waals surface area contributed by atoms with Gasteiger partial charge >= 0.3 is 17.9 Å². The molecule has 1 atom stereocenters. The van der Waals surface area contributed by atoms with Crippen LogP contribution < -0.4 is 0 Å². The number of rotatable bonds is 47. The Morgan fingerprint density at radius 1 is 0.328 bits per heavy atom. The molecular formula is C58H98O6. The molecule has 366 valence electrons. The number of carbonyl (C=O) groups is 3. The molecule has 0 heterocycles. The van der Waals surface area contributed by atoms with E-state index in [1.807, 2.05) is 60.8 Å². The summed E-state index contributed by atoms with van der Waals surface area (Å²) in [5, 5.41) is 0. The summed E-state index contributed by atoms with van der Waals surface area (Å²) in [5.74, 6) is -0.939. The number of hydrogen-bond donors (Lipinski definition) is 0. The molecule has 0 aliphatic heterocycles. The van der Waals surface area contributed by atoms with E-state index in [9.17, 15) is 14.4 Å². The molecule has 0 amide bonds. The molecule has 0 rings (SSSR count). The van der Waals surface area contributed by atoms with E-state index in [1.165, 1.54) is 135 Å². The Morgan fingerprint density at radius 3 is 1.02 bits per heavy atom. The van der Waals surface area contributed by atoms with Crippen LogP contribution in [0.1, 0.15) is 245 Å². The number of carbonyl (C=O) groups excluding carboxylic acids is 3. The van der Waals surface area contributed by atoms with Gasteiger partial charge in [-0.1, -0.05) is 247 Å². The summed E-state index contributed by atoms with van der Waals surface area (Å²) in [6.07, 6.45) is 67.0. The van der Waals surface area contributed by atoms with Crippen LogP contribution in [0.3, 0.4) is 0 Å². The third-order valence-electron chi connectivity index (χ3n) is 11.3. The minimum atomic E-state index is -0.795. The minimum Gasteiger partial charge on any atom is -0.462 e. The summed E-state index contributed by atoms with van der Waals surface area (Å²) in [4.78, 5) is 38.0. The Morgan fingerprint density at radius 2 is 0.625 bits per heavy atom. The molecule has 0 bridgehead atoms. The van der Waals surface area contributed by atoms with Crippen molar-refractivity contribution in [2.45, 2.75) is 252 Å². The van der Waals surface area contributed by atoms with Gasteiger partial charge in [-0.3, -0.25) is 14.4 Å². The SMILES string of the molecule is CC\C=C/C=C\C=C/C=C\C=C\C=C/CCCCCC(=O)OCC(COC(=O)CCCCCCCCCCCCCC)OC(=O)CCCCCCCCC/C=C\CCCCCCCC. The summed E-state index contributed by atoms with van der Waals surface area (Å²) in [5.41, 5.74) is 0. The lowest BCUT2D eigenvalue weighted by molar-refractivity contribution is -0.167. The average Bonchev–Trinajstić information content (AvgIpc) is 3.29. The first kappa shape index (κ1) is 60.6. The number of ether oxygens (including phenoxy) is 3. The van der Waals surface area contributed by atoms with Crippen molar-refractivity contribution >= 4 is 17.9 Å². The van der Waals surface area contributed by atoms with Crippen molar-refractivity contribution < 1.29 is 28.6 Å². The Hall–Kier alpha value is -3.41. The number of esters is 3. The smallest absolute Gasteiger partial charge is 0.306 e. The topological polar surface area (TPSA) is 78.9 Å². The molecular weight excluding hydrogens is 793 g/mol. The van der Waals surface area contributed by atoms with Crippen LogP contribution in [0, 0.1) is 0 Å². The molecule has 0 aromatic rings. The van der Waals surface area contributed by atoms with Crippen LogP contribution in [0.4, 0.5) is 0 Å². The van der Waals surface area contributed by atoms with Crippen molar-refractivity contribution in [3.05, 3.63) is 85.1 Å². The quantitative estimate of drug-likeness (QED) is 0.0199. The van der Waals surface area contributed by atoms with Gasteiger partial charge in [0.2, 0.25) is 0 Å². The van der Waals surface area contributed by atoms with Gasteiger partial charge < -0.3 is 14.2 Å². The molecule has 0 N–H and O–H groups in total. The van der Waals surface area contributed by atoms with Crippen molar-refractivity contribution in [1.82, 2.24) is 0 Å². The predicted octanol–water partition coefficient (Wildman–Crippen LogP) is 17.6. The van der Waals surface area contributed by atoms with Gasteiger partial charge in [-0.05, 0) is 64.2 Å². The van der Waals surface area contributed by atoms with E-state index in [0.717, 1.165) is 70.6 Å². The van der Waals surface area contributed by atoms with E-state index in [2.05, 4.69) is 45.1 Å². The fourth-order valence-electron chi connectivity index (χ4n) is 7.29. The second-order valence-electron chi connectivity index (χ2n) is 17.6. The van der Waals surface area contributed by atoms with Gasteiger partial charge in [0, 0.05) is 19.3 Å². The third kappa shape index (κ3) is 49.6. The highest BCUT2D eigenvalue weighted by molar-refractivity contribution is 5.71. The highest BCUT2D eigenvalue weighted by atomic mass is 16.6. The van der Waals surface area contributed by atoms with Crippen molar-refractivity contribution in [2.75, 3.05) is 13.2 Å². The summed E-state index contributed by atoms with van der Waals surface area (Å²) in [6.45, 7) is 6.45. The zero-order chi connectivity index (χ0) is 46.5. The first-order valence-corrected chi connectivity index (χ1v) is 26.7. The van der Waals surface area contributed by atoms with Gasteiger partial charge in [0.05, 0.1) is 0 Å². The van der Waals surface area contributed by atoms with Crippen LogP contribution in [0.2, 0.25) is 0 Å². The Kier molecular flexibility index (Phi) is 49.4. The average molecular weight is 891 g/mol. The monoisotopic (exact) mass is 891 g/mol. The van der Waals surface area contributed by atoms with Gasteiger partial charge in [0.15, 0.2) is 6.10 Å². The molecule has 0 aliphatic carbocycles. The Balaban J connectivity index is 4.47. The van der Waals surface area contributed by atoms with Crippen LogP contribution >= 0.6 is 0 Å². The van der Waals surface area contributed by atoms with E-state index >= 15 is 0 Å². The third-order valence-corrected chi connectivity index (χ3v) is 11.3. The van der Waals surface area contributed by atoms with Crippen molar-refractivity contribution in [3.8, 4) is 0 Å². The number of unbranched alkanes of at least 4 members (excludes halogenated alkanes) is 27. The number of allylic oxidation sites excluding steroid dienone is 14. The molecule has 6 nitrogen and oxygen atoms in total. The van der Waals surface area contributed by atoms with E-state index in [1.54, 1.807) is 0 Å². The summed E-state index contributed by atoms with van der Waals surface area (Å²) in [6, 6.07) is 0. The van der Waals surface area contributed by atoms with E-state index < -0.39 is 6.10 Å². The first-order valence-electron chi connectivity index (χ1n) is 26.7. The second-order valence-corrected chi connectivity index (χ2v) is 17.6. The van der Waals surface area contributed by atoms with E-state index in [4.69, 9.17) is 14.2 Å². The molecule has 0 saturated heterocycles. The predicted molar refractivity (Wildman–Crippen MR) is 274 cm³/mol. The van der Waals surface area contributed by atoms with Crippen molar-refractivity contribution in [1.29, 1.82) is 0 Å². The molecule has 0 aromatic carbocycles. The maximum atomic E-state index is 12.8. The first-order chi connectivity index (χ1) is 31.5. The van der Waals surface area contributed by atoms with Crippen LogP contribution in [0.15, 0.2) is 85.1 Å². The summed E-state index contributed by atoms with van der Waals surface area (Å²) in [7, 11) is 0. The molecule has 64 heavy (non-hydrogen) atoms. The summed E-state index contributed by atoms with van der Waals surface area (Å²) >= 11 is 0. The van der Waals surface area contributed by atoms with E-state index in [0.29, 0.717) is 19.3 Å².